The van der Waals surface area contributed by atoms with Crippen LogP contribution in [0.3, 0.4) is 0 Å². The molecule has 2 heterocycles. The number of ether oxygens (including phenoxy) is 1. The van der Waals surface area contributed by atoms with E-state index in [4.69, 9.17) is 9.26 Å². The van der Waals surface area contributed by atoms with Gasteiger partial charge in [0.1, 0.15) is 18.0 Å². The second-order valence-corrected chi connectivity index (χ2v) is 10.9. The number of piperazine rings is 1. The number of aromatic nitrogens is 1. The van der Waals surface area contributed by atoms with Gasteiger partial charge in [-0.25, -0.2) is 8.42 Å². The number of nitrogens with zero attached hydrogens (tertiary/aromatic N) is 4. The first-order valence-corrected chi connectivity index (χ1v) is 13.2. The molecule has 1 fully saturated rings. The van der Waals surface area contributed by atoms with Gasteiger partial charge in [0.25, 0.3) is 10.0 Å². The van der Waals surface area contributed by atoms with Crippen molar-refractivity contribution in [1.29, 1.82) is 0 Å². The van der Waals surface area contributed by atoms with Crippen LogP contribution < -0.4 is 13.9 Å². The van der Waals surface area contributed by atoms with E-state index in [9.17, 15) is 13.2 Å². The summed E-state index contributed by atoms with van der Waals surface area (Å²) in [5, 5.41) is 3.82. The molecule has 10 heteroatoms. The fraction of sp³-hybridized carbons (Fsp3) is 0.385. The van der Waals surface area contributed by atoms with E-state index in [0.29, 0.717) is 31.9 Å². The summed E-state index contributed by atoms with van der Waals surface area (Å²) in [6.45, 7) is 8.89. The number of methoxy groups -OCH3 is 1. The van der Waals surface area contributed by atoms with Crippen molar-refractivity contribution >= 4 is 27.3 Å². The van der Waals surface area contributed by atoms with Crippen LogP contribution in [0.4, 0.5) is 11.4 Å². The number of hydrogen-bond donors (Lipinski definition) is 0. The fourth-order valence-corrected chi connectivity index (χ4v) is 6.30. The van der Waals surface area contributed by atoms with Gasteiger partial charge in [-0.2, -0.15) is 0 Å². The molecule has 192 valence electrons. The highest BCUT2D eigenvalue weighted by molar-refractivity contribution is 7.93. The van der Waals surface area contributed by atoms with E-state index < -0.39 is 10.0 Å². The molecule has 1 aliphatic heterocycles. The number of sulfonamides is 1. The van der Waals surface area contributed by atoms with Gasteiger partial charge >= 0.3 is 0 Å². The normalized spacial score (nSPS) is 14.1. The van der Waals surface area contributed by atoms with E-state index in [1.165, 1.54) is 4.31 Å². The van der Waals surface area contributed by atoms with Crippen molar-refractivity contribution in [3.63, 3.8) is 0 Å². The smallest absolute Gasteiger partial charge is 0.270 e. The lowest BCUT2D eigenvalue weighted by Gasteiger charge is -2.37. The maximum absolute atomic E-state index is 13.8. The molecule has 4 rings (SSSR count). The Labute approximate surface area is 212 Å². The van der Waals surface area contributed by atoms with E-state index in [2.05, 4.69) is 10.1 Å². The van der Waals surface area contributed by atoms with E-state index in [1.807, 2.05) is 44.2 Å². The highest BCUT2D eigenvalue weighted by Crippen LogP contribution is 2.30. The predicted octanol–water partition coefficient (Wildman–Crippen LogP) is 3.46. The Hall–Kier alpha value is -3.53. The van der Waals surface area contributed by atoms with Crippen LogP contribution in [0.15, 0.2) is 51.9 Å². The van der Waals surface area contributed by atoms with Crippen molar-refractivity contribution in [2.75, 3.05) is 49.0 Å². The van der Waals surface area contributed by atoms with Crippen LogP contribution in [-0.4, -0.2) is 64.2 Å². The predicted molar refractivity (Wildman–Crippen MR) is 138 cm³/mol. The SMILES string of the molecule is COc1cccc(N2CCN(C(=O)CN(c3cc(C)cc(C)c3)S(=O)(=O)c3c(C)noc3C)CC2)c1. The van der Waals surface area contributed by atoms with Crippen molar-refractivity contribution < 1.29 is 22.5 Å². The third-order valence-corrected chi connectivity index (χ3v) is 8.36. The Bertz CT molecular complexity index is 1320. The minimum absolute atomic E-state index is 0.00250. The molecule has 1 aromatic heterocycles. The van der Waals surface area contributed by atoms with Gasteiger partial charge in [0.05, 0.1) is 12.8 Å². The van der Waals surface area contributed by atoms with E-state index >= 15 is 0 Å². The topological polar surface area (TPSA) is 96.2 Å². The first-order valence-electron chi connectivity index (χ1n) is 11.8. The largest absolute Gasteiger partial charge is 0.497 e. The molecule has 3 aromatic rings. The highest BCUT2D eigenvalue weighted by Gasteiger charge is 2.34. The Kier molecular flexibility index (Phi) is 7.26. The molecule has 0 spiro atoms. The standard InChI is InChI=1S/C26H32N4O5S/c1-18-13-19(2)15-23(14-18)30(36(32,33)26-20(3)27-35-21(26)4)17-25(31)29-11-9-28(10-12-29)22-7-6-8-24(16-22)34-5/h6-8,13-16H,9-12,17H2,1-5H3. The zero-order valence-corrected chi connectivity index (χ0v) is 22.1. The summed E-state index contributed by atoms with van der Waals surface area (Å²) >= 11 is 0. The van der Waals surface area contributed by atoms with Gasteiger partial charge in [-0.15, -0.1) is 0 Å². The average molecular weight is 513 g/mol. The average Bonchev–Trinajstić information content (AvgIpc) is 3.20. The number of aryl methyl sites for hydroxylation is 4. The Morgan fingerprint density at radius 1 is 1.03 bits per heavy atom. The van der Waals surface area contributed by atoms with Crippen LogP contribution in [-0.2, 0) is 14.8 Å². The third kappa shape index (κ3) is 5.18. The van der Waals surface area contributed by atoms with Crippen molar-refractivity contribution in [3.05, 3.63) is 65.0 Å². The molecular formula is C26H32N4O5S. The molecule has 0 N–H and O–H groups in total. The lowest BCUT2D eigenvalue weighted by molar-refractivity contribution is -0.129. The molecule has 0 atom stereocenters. The van der Waals surface area contributed by atoms with Crippen LogP contribution in [0.25, 0.3) is 0 Å². The molecule has 1 saturated heterocycles. The summed E-state index contributed by atoms with van der Waals surface area (Å²) in [4.78, 5) is 17.3. The number of carbonyl (C=O) groups is 1. The number of amides is 1. The fourth-order valence-electron chi connectivity index (χ4n) is 4.61. The first kappa shape index (κ1) is 25.6. The van der Waals surface area contributed by atoms with Gasteiger partial charge in [-0.3, -0.25) is 9.10 Å². The van der Waals surface area contributed by atoms with Gasteiger partial charge in [-0.1, -0.05) is 17.3 Å². The second kappa shape index (κ2) is 10.2. The second-order valence-electron chi connectivity index (χ2n) is 9.08. The van der Waals surface area contributed by atoms with E-state index in [0.717, 1.165) is 22.6 Å². The number of anilines is 2. The minimum atomic E-state index is -4.10. The molecular weight excluding hydrogens is 480 g/mol. The van der Waals surface area contributed by atoms with E-state index in [-0.39, 0.29) is 28.8 Å². The van der Waals surface area contributed by atoms with E-state index in [1.54, 1.807) is 38.0 Å². The summed E-state index contributed by atoms with van der Waals surface area (Å²) in [6, 6.07) is 13.3. The number of carbonyl (C=O) groups excluding carboxylic acids is 1. The highest BCUT2D eigenvalue weighted by atomic mass is 32.2. The van der Waals surface area contributed by atoms with Crippen LogP contribution in [0.5, 0.6) is 5.75 Å². The molecule has 9 nitrogen and oxygen atoms in total. The quantitative estimate of drug-likeness (QED) is 0.478. The maximum atomic E-state index is 13.8. The number of rotatable bonds is 7. The monoisotopic (exact) mass is 512 g/mol. The summed E-state index contributed by atoms with van der Waals surface area (Å²) in [5.74, 6) is 0.718. The van der Waals surface area contributed by atoms with Gasteiger partial charge in [0, 0.05) is 37.9 Å². The molecule has 1 amide bonds. The van der Waals surface area contributed by atoms with Crippen LogP contribution in [0.2, 0.25) is 0 Å². The molecule has 0 unspecified atom stereocenters. The number of benzene rings is 2. The van der Waals surface area contributed by atoms with Gasteiger partial charge < -0.3 is 19.1 Å². The summed E-state index contributed by atoms with van der Waals surface area (Å²) in [7, 11) is -2.46. The Morgan fingerprint density at radius 3 is 2.28 bits per heavy atom. The molecule has 1 aliphatic rings. The molecule has 0 bridgehead atoms. The third-order valence-electron chi connectivity index (χ3n) is 6.34. The summed E-state index contributed by atoms with van der Waals surface area (Å²) in [5.41, 5.74) is 3.54. The number of hydrogen-bond acceptors (Lipinski definition) is 7. The van der Waals surface area contributed by atoms with Crippen LogP contribution >= 0.6 is 0 Å². The maximum Gasteiger partial charge on any atom is 0.270 e. The van der Waals surface area contributed by atoms with Crippen molar-refractivity contribution in [3.8, 4) is 5.75 Å². The Balaban J connectivity index is 1.57. The molecule has 2 aromatic carbocycles. The van der Waals surface area contributed by atoms with Gasteiger partial charge in [0.15, 0.2) is 10.7 Å². The Morgan fingerprint density at radius 2 is 1.69 bits per heavy atom. The van der Waals surface area contributed by atoms with Crippen molar-refractivity contribution in [1.82, 2.24) is 10.1 Å². The molecule has 0 saturated carbocycles. The van der Waals surface area contributed by atoms with Gasteiger partial charge in [-0.05, 0) is 63.1 Å². The summed E-state index contributed by atoms with van der Waals surface area (Å²) < 4.78 is 39.3. The first-order chi connectivity index (χ1) is 17.1. The lowest BCUT2D eigenvalue weighted by atomic mass is 10.1. The minimum Gasteiger partial charge on any atom is -0.497 e. The zero-order valence-electron chi connectivity index (χ0n) is 21.3. The van der Waals surface area contributed by atoms with Crippen LogP contribution in [0.1, 0.15) is 22.6 Å². The van der Waals surface area contributed by atoms with Gasteiger partial charge in [0.2, 0.25) is 5.91 Å². The molecule has 0 radical (unpaired) electrons. The van der Waals surface area contributed by atoms with Crippen molar-refractivity contribution in [2.45, 2.75) is 32.6 Å². The van der Waals surface area contributed by atoms with Crippen molar-refractivity contribution in [2.24, 2.45) is 0 Å². The summed E-state index contributed by atoms with van der Waals surface area (Å²) in [6.07, 6.45) is 0. The lowest BCUT2D eigenvalue weighted by Crippen LogP contribution is -2.52. The van der Waals surface area contributed by atoms with Crippen LogP contribution in [0, 0.1) is 27.7 Å². The zero-order chi connectivity index (χ0) is 26.0. The molecule has 0 aliphatic carbocycles. The molecule has 36 heavy (non-hydrogen) atoms.